The van der Waals surface area contributed by atoms with Gasteiger partial charge < -0.3 is 20.7 Å². The lowest BCUT2D eigenvalue weighted by atomic mass is 9.95. The number of rotatable bonds is 4. The second-order valence-corrected chi connectivity index (χ2v) is 8.09. The first-order valence-electron chi connectivity index (χ1n) is 9.79. The number of halogens is 1. The number of nitrogens with two attached hydrogens (primary N) is 1. The molecule has 2 aliphatic heterocycles. The fourth-order valence-corrected chi connectivity index (χ4v) is 4.70. The smallest absolute Gasteiger partial charge is 0.255 e. The van der Waals surface area contributed by atoms with Gasteiger partial charge in [0.1, 0.15) is 5.75 Å². The summed E-state index contributed by atoms with van der Waals surface area (Å²) in [4.78, 5) is 27.8. The number of fused-ring (bicyclic) bond motifs is 2. The number of carbonyl (C=O) groups is 2. The van der Waals surface area contributed by atoms with Crippen molar-refractivity contribution in [3.63, 3.8) is 0 Å². The number of nitrogens with one attached hydrogen (secondary N) is 1. The van der Waals surface area contributed by atoms with Gasteiger partial charge in [-0.3, -0.25) is 9.59 Å². The molecule has 0 radical (unpaired) electrons. The van der Waals surface area contributed by atoms with Crippen molar-refractivity contribution in [1.29, 1.82) is 0 Å². The van der Waals surface area contributed by atoms with Crippen molar-refractivity contribution in [2.75, 3.05) is 12.8 Å². The normalized spacial score (nSPS) is 23.0. The zero-order valence-corrected chi connectivity index (χ0v) is 17.0. The predicted molar refractivity (Wildman–Crippen MR) is 112 cm³/mol. The van der Waals surface area contributed by atoms with Crippen LogP contribution in [-0.4, -0.2) is 41.9 Å². The number of ether oxygens (including phenoxy) is 1. The van der Waals surface area contributed by atoms with E-state index in [1.165, 1.54) is 13.2 Å². The third-order valence-electron chi connectivity index (χ3n) is 5.89. The summed E-state index contributed by atoms with van der Waals surface area (Å²) in [5.74, 6) is 0.231. The zero-order valence-electron chi connectivity index (χ0n) is 16.2. The van der Waals surface area contributed by atoms with Crippen LogP contribution in [0.25, 0.3) is 0 Å². The molecule has 2 aliphatic rings. The minimum atomic E-state index is -0.240. The van der Waals surface area contributed by atoms with E-state index in [2.05, 4.69) is 5.32 Å². The largest absolute Gasteiger partial charge is 0.496 e. The van der Waals surface area contributed by atoms with E-state index >= 15 is 0 Å². The summed E-state index contributed by atoms with van der Waals surface area (Å²) in [5, 5.41) is 3.42. The lowest BCUT2D eigenvalue weighted by Crippen LogP contribution is -2.52. The summed E-state index contributed by atoms with van der Waals surface area (Å²) in [6.45, 7) is 0. The number of methoxy groups -OCH3 is 1. The first kappa shape index (κ1) is 19.6. The second kappa shape index (κ2) is 7.95. The highest BCUT2D eigenvalue weighted by molar-refractivity contribution is 6.33. The molecule has 2 amide bonds. The van der Waals surface area contributed by atoms with Crippen molar-refractivity contribution in [3.05, 3.63) is 58.6 Å². The minimum absolute atomic E-state index is 0.000794. The first-order valence-corrected chi connectivity index (χ1v) is 10.2. The summed E-state index contributed by atoms with van der Waals surface area (Å²) in [6, 6.07) is 12.8. The Morgan fingerprint density at radius 2 is 1.79 bits per heavy atom. The molecule has 2 fully saturated rings. The maximum atomic E-state index is 13.0. The third-order valence-corrected chi connectivity index (χ3v) is 6.21. The number of nitrogen functional groups attached to an aromatic ring is 1. The molecule has 0 aliphatic carbocycles. The fourth-order valence-electron chi connectivity index (χ4n) is 4.53. The van der Waals surface area contributed by atoms with Gasteiger partial charge in [-0.25, -0.2) is 0 Å². The number of hydrogen-bond acceptors (Lipinski definition) is 4. The average molecular weight is 414 g/mol. The summed E-state index contributed by atoms with van der Waals surface area (Å²) >= 11 is 6.09. The van der Waals surface area contributed by atoms with E-state index in [0.717, 1.165) is 25.7 Å². The monoisotopic (exact) mass is 413 g/mol. The third kappa shape index (κ3) is 3.77. The molecule has 29 heavy (non-hydrogen) atoms. The highest BCUT2D eigenvalue weighted by Gasteiger charge is 2.43. The molecule has 2 heterocycles. The quantitative estimate of drug-likeness (QED) is 0.751. The number of amides is 2. The van der Waals surface area contributed by atoms with Gasteiger partial charge in [-0.2, -0.15) is 0 Å². The van der Waals surface area contributed by atoms with Crippen LogP contribution >= 0.6 is 11.6 Å². The van der Waals surface area contributed by atoms with Crippen LogP contribution in [-0.2, 0) is 0 Å². The number of piperidine rings is 1. The number of carbonyl (C=O) groups excluding carboxylic acids is 2. The number of anilines is 1. The zero-order chi connectivity index (χ0) is 20.5. The average Bonchev–Trinajstić information content (AvgIpc) is 3.00. The topological polar surface area (TPSA) is 84.7 Å². The Morgan fingerprint density at radius 3 is 2.41 bits per heavy atom. The summed E-state index contributed by atoms with van der Waals surface area (Å²) in [6.07, 6.45) is 3.41. The number of benzene rings is 2. The summed E-state index contributed by atoms with van der Waals surface area (Å²) < 4.78 is 5.29. The van der Waals surface area contributed by atoms with Crippen molar-refractivity contribution in [2.45, 2.75) is 43.8 Å². The SMILES string of the molecule is COc1cc(N)c(Cl)cc1C(=O)NC1CC2CCC(C1)N2C(=O)c1ccccc1. The van der Waals surface area contributed by atoms with Gasteiger partial charge in [-0.05, 0) is 43.9 Å². The molecular formula is C22H24ClN3O3. The van der Waals surface area contributed by atoms with E-state index in [1.54, 1.807) is 6.07 Å². The van der Waals surface area contributed by atoms with Crippen molar-refractivity contribution in [3.8, 4) is 5.75 Å². The van der Waals surface area contributed by atoms with Gasteiger partial charge in [0.15, 0.2) is 0 Å². The molecule has 6 nitrogen and oxygen atoms in total. The minimum Gasteiger partial charge on any atom is -0.496 e. The Hall–Kier alpha value is -2.73. The van der Waals surface area contributed by atoms with Gasteiger partial charge in [0, 0.05) is 29.8 Å². The van der Waals surface area contributed by atoms with Crippen LogP contribution in [0.5, 0.6) is 5.75 Å². The molecule has 2 aromatic rings. The van der Waals surface area contributed by atoms with Crippen LogP contribution in [0.2, 0.25) is 5.02 Å². The Morgan fingerprint density at radius 1 is 1.14 bits per heavy atom. The maximum Gasteiger partial charge on any atom is 0.255 e. The van der Waals surface area contributed by atoms with Gasteiger partial charge in [-0.15, -0.1) is 0 Å². The highest BCUT2D eigenvalue weighted by atomic mass is 35.5. The molecular weight excluding hydrogens is 390 g/mol. The van der Waals surface area contributed by atoms with Crippen LogP contribution in [0, 0.1) is 0 Å². The van der Waals surface area contributed by atoms with Crippen molar-refractivity contribution < 1.29 is 14.3 Å². The van der Waals surface area contributed by atoms with Gasteiger partial charge in [0.2, 0.25) is 0 Å². The first-order chi connectivity index (χ1) is 14.0. The molecule has 0 spiro atoms. The van der Waals surface area contributed by atoms with Crippen LogP contribution in [0.3, 0.4) is 0 Å². The molecule has 3 N–H and O–H groups in total. The Bertz CT molecular complexity index is 920. The highest BCUT2D eigenvalue weighted by Crippen LogP contribution is 2.37. The fraction of sp³-hybridized carbons (Fsp3) is 0.364. The van der Waals surface area contributed by atoms with Crippen LogP contribution in [0.1, 0.15) is 46.4 Å². The van der Waals surface area contributed by atoms with E-state index in [-0.39, 0.29) is 29.9 Å². The van der Waals surface area contributed by atoms with E-state index in [0.29, 0.717) is 27.6 Å². The van der Waals surface area contributed by atoms with Crippen molar-refractivity contribution in [1.82, 2.24) is 10.2 Å². The Labute approximate surface area is 175 Å². The van der Waals surface area contributed by atoms with E-state index in [4.69, 9.17) is 22.1 Å². The van der Waals surface area contributed by atoms with Crippen LogP contribution in [0.4, 0.5) is 5.69 Å². The lowest BCUT2D eigenvalue weighted by Gasteiger charge is -2.39. The van der Waals surface area contributed by atoms with Crippen molar-refractivity contribution in [2.24, 2.45) is 0 Å². The van der Waals surface area contributed by atoms with Gasteiger partial charge >= 0.3 is 0 Å². The molecule has 0 saturated carbocycles. The lowest BCUT2D eigenvalue weighted by molar-refractivity contribution is 0.0549. The standard InChI is InChI=1S/C22H24ClN3O3/c1-29-20-12-19(24)18(23)11-17(20)21(27)25-14-9-15-7-8-16(10-14)26(15)22(28)13-5-3-2-4-6-13/h2-6,11-12,14-16H,7-10,24H2,1H3,(H,25,27). The molecule has 2 atom stereocenters. The van der Waals surface area contributed by atoms with Gasteiger partial charge in [0.05, 0.1) is 23.4 Å². The molecule has 2 unspecified atom stereocenters. The molecule has 2 saturated heterocycles. The van der Waals surface area contributed by atoms with E-state index < -0.39 is 0 Å². The number of hydrogen-bond donors (Lipinski definition) is 2. The Kier molecular flexibility index (Phi) is 5.37. The molecule has 2 bridgehead atoms. The van der Waals surface area contributed by atoms with E-state index in [1.807, 2.05) is 35.2 Å². The van der Waals surface area contributed by atoms with Crippen molar-refractivity contribution >= 4 is 29.1 Å². The number of nitrogens with zero attached hydrogens (tertiary/aromatic N) is 1. The molecule has 0 aromatic heterocycles. The molecule has 7 heteroatoms. The summed E-state index contributed by atoms with van der Waals surface area (Å²) in [5.41, 5.74) is 7.25. The van der Waals surface area contributed by atoms with Crippen LogP contribution in [0.15, 0.2) is 42.5 Å². The second-order valence-electron chi connectivity index (χ2n) is 7.68. The molecule has 152 valence electrons. The summed E-state index contributed by atoms with van der Waals surface area (Å²) in [7, 11) is 1.49. The maximum absolute atomic E-state index is 13.0. The van der Waals surface area contributed by atoms with Gasteiger partial charge in [-0.1, -0.05) is 29.8 Å². The van der Waals surface area contributed by atoms with Gasteiger partial charge in [0.25, 0.3) is 11.8 Å². The molecule has 4 rings (SSSR count). The Balaban J connectivity index is 1.46. The van der Waals surface area contributed by atoms with E-state index in [9.17, 15) is 9.59 Å². The predicted octanol–water partition coefficient (Wildman–Crippen LogP) is 3.50. The molecule has 2 aromatic carbocycles. The van der Waals surface area contributed by atoms with Crippen LogP contribution < -0.4 is 15.8 Å².